The third-order valence-electron chi connectivity index (χ3n) is 4.06. The number of benzene rings is 2. The molecular weight excluding hydrogens is 356 g/mol. The van der Waals surface area contributed by atoms with Crippen molar-refractivity contribution in [2.75, 3.05) is 10.6 Å². The zero-order chi connectivity index (χ0) is 19.5. The molecule has 2 N–H and O–H groups in total. The standard InChI is InChI=1S/C21H16N4O3/c1-13-23-18-11-17(7-8-19(18)28-13)25-20(26)14-4-2-6-16(10-14)24-21(27)15-5-3-9-22-12-15/h2-12H,1H3,(H,24,27)(H,25,26). The molecule has 0 saturated carbocycles. The molecule has 0 aliphatic carbocycles. The molecular formula is C21H16N4O3. The van der Waals surface area contributed by atoms with Gasteiger partial charge in [-0.3, -0.25) is 14.6 Å². The number of carbonyl (C=O) groups is 2. The van der Waals surface area contributed by atoms with Gasteiger partial charge in [0.1, 0.15) is 5.52 Å². The molecule has 0 aliphatic heterocycles. The fourth-order valence-corrected chi connectivity index (χ4v) is 2.76. The van der Waals surface area contributed by atoms with Gasteiger partial charge >= 0.3 is 0 Å². The van der Waals surface area contributed by atoms with E-state index in [2.05, 4.69) is 20.6 Å². The van der Waals surface area contributed by atoms with Crippen LogP contribution < -0.4 is 10.6 Å². The molecule has 138 valence electrons. The topological polar surface area (TPSA) is 97.1 Å². The van der Waals surface area contributed by atoms with E-state index in [4.69, 9.17) is 4.42 Å². The second-order valence-corrected chi connectivity index (χ2v) is 6.15. The number of nitrogens with one attached hydrogen (secondary N) is 2. The lowest BCUT2D eigenvalue weighted by Crippen LogP contribution is -2.14. The molecule has 7 heteroatoms. The number of aromatic nitrogens is 2. The van der Waals surface area contributed by atoms with E-state index in [1.165, 1.54) is 6.20 Å². The molecule has 2 amide bonds. The zero-order valence-corrected chi connectivity index (χ0v) is 15.0. The molecule has 0 fully saturated rings. The Kier molecular flexibility index (Phi) is 4.55. The number of hydrogen-bond donors (Lipinski definition) is 2. The van der Waals surface area contributed by atoms with E-state index < -0.39 is 0 Å². The minimum atomic E-state index is -0.294. The highest BCUT2D eigenvalue weighted by Gasteiger charge is 2.11. The van der Waals surface area contributed by atoms with Crippen LogP contribution in [0.1, 0.15) is 26.6 Å². The number of fused-ring (bicyclic) bond motifs is 1. The Labute approximate surface area is 160 Å². The largest absolute Gasteiger partial charge is 0.441 e. The van der Waals surface area contributed by atoms with Crippen LogP contribution in [-0.2, 0) is 0 Å². The fourth-order valence-electron chi connectivity index (χ4n) is 2.76. The maximum Gasteiger partial charge on any atom is 0.257 e. The van der Waals surface area contributed by atoms with Crippen molar-refractivity contribution in [1.29, 1.82) is 0 Å². The van der Waals surface area contributed by atoms with Crippen LogP contribution in [-0.4, -0.2) is 21.8 Å². The summed E-state index contributed by atoms with van der Waals surface area (Å²) in [6, 6.07) is 15.3. The van der Waals surface area contributed by atoms with E-state index in [-0.39, 0.29) is 11.8 Å². The third kappa shape index (κ3) is 3.73. The highest BCUT2D eigenvalue weighted by molar-refractivity contribution is 6.07. The molecule has 28 heavy (non-hydrogen) atoms. The Morgan fingerprint density at radius 1 is 0.893 bits per heavy atom. The molecule has 2 heterocycles. The molecule has 0 radical (unpaired) electrons. The lowest BCUT2D eigenvalue weighted by atomic mass is 10.1. The molecule has 4 aromatic rings. The second kappa shape index (κ2) is 7.32. The van der Waals surface area contributed by atoms with Gasteiger partial charge in [-0.25, -0.2) is 4.98 Å². The van der Waals surface area contributed by atoms with E-state index in [9.17, 15) is 9.59 Å². The summed E-state index contributed by atoms with van der Waals surface area (Å²) in [5.41, 5.74) is 3.32. The molecule has 0 atom stereocenters. The molecule has 2 aromatic heterocycles. The average molecular weight is 372 g/mol. The molecule has 0 bridgehead atoms. The molecule has 7 nitrogen and oxygen atoms in total. The zero-order valence-electron chi connectivity index (χ0n) is 15.0. The van der Waals surface area contributed by atoms with Crippen LogP contribution in [0.4, 0.5) is 11.4 Å². The van der Waals surface area contributed by atoms with E-state index in [0.29, 0.717) is 39.5 Å². The van der Waals surface area contributed by atoms with Gasteiger partial charge in [0.15, 0.2) is 11.5 Å². The number of nitrogens with zero attached hydrogens (tertiary/aromatic N) is 2. The molecule has 4 rings (SSSR count). The summed E-state index contributed by atoms with van der Waals surface area (Å²) in [5.74, 6) is -0.0231. The Morgan fingerprint density at radius 3 is 2.43 bits per heavy atom. The van der Waals surface area contributed by atoms with E-state index in [0.717, 1.165) is 0 Å². The van der Waals surface area contributed by atoms with Crippen LogP contribution in [0.5, 0.6) is 0 Å². The van der Waals surface area contributed by atoms with Gasteiger partial charge in [0.25, 0.3) is 11.8 Å². The Morgan fingerprint density at radius 2 is 1.64 bits per heavy atom. The lowest BCUT2D eigenvalue weighted by Gasteiger charge is -2.08. The fraction of sp³-hybridized carbons (Fsp3) is 0.0476. The smallest absolute Gasteiger partial charge is 0.257 e. The summed E-state index contributed by atoms with van der Waals surface area (Å²) >= 11 is 0. The number of anilines is 2. The SMILES string of the molecule is Cc1nc2cc(NC(=O)c3cccc(NC(=O)c4cccnc4)c3)ccc2o1. The molecule has 0 saturated heterocycles. The quantitative estimate of drug-likeness (QED) is 0.564. The predicted molar refractivity (Wildman–Crippen MR) is 105 cm³/mol. The molecule has 0 aliphatic rings. The van der Waals surface area contributed by atoms with Gasteiger partial charge in [-0.05, 0) is 48.5 Å². The maximum atomic E-state index is 12.6. The highest BCUT2D eigenvalue weighted by Crippen LogP contribution is 2.21. The monoisotopic (exact) mass is 372 g/mol. The van der Waals surface area contributed by atoms with Gasteiger partial charge < -0.3 is 15.1 Å². The summed E-state index contributed by atoms with van der Waals surface area (Å²) < 4.78 is 5.43. The summed E-state index contributed by atoms with van der Waals surface area (Å²) in [6.07, 6.45) is 3.08. The lowest BCUT2D eigenvalue weighted by molar-refractivity contribution is 0.101. The molecule has 0 spiro atoms. The Balaban J connectivity index is 1.49. The summed E-state index contributed by atoms with van der Waals surface area (Å²) in [7, 11) is 0. The van der Waals surface area contributed by atoms with Gasteiger partial charge in [-0.2, -0.15) is 0 Å². The van der Waals surface area contributed by atoms with Crippen molar-refractivity contribution in [3.8, 4) is 0 Å². The summed E-state index contributed by atoms with van der Waals surface area (Å²) in [5, 5.41) is 5.59. The van der Waals surface area contributed by atoms with Crippen molar-refractivity contribution in [3.63, 3.8) is 0 Å². The Bertz CT molecular complexity index is 1170. The first-order chi connectivity index (χ1) is 13.6. The van der Waals surface area contributed by atoms with Crippen LogP contribution in [0, 0.1) is 6.92 Å². The summed E-state index contributed by atoms with van der Waals surface area (Å²) in [4.78, 5) is 33.0. The minimum Gasteiger partial charge on any atom is -0.441 e. The van der Waals surface area contributed by atoms with Crippen LogP contribution in [0.15, 0.2) is 71.4 Å². The number of rotatable bonds is 4. The Hall–Kier alpha value is -4.00. The predicted octanol–water partition coefficient (Wildman–Crippen LogP) is 4.04. The van der Waals surface area contributed by atoms with Gasteiger partial charge in [-0.1, -0.05) is 6.07 Å². The minimum absolute atomic E-state index is 0.294. The molecule has 2 aromatic carbocycles. The van der Waals surface area contributed by atoms with Crippen molar-refractivity contribution in [3.05, 3.63) is 84.0 Å². The van der Waals surface area contributed by atoms with Crippen molar-refractivity contribution >= 4 is 34.3 Å². The van der Waals surface area contributed by atoms with Crippen molar-refractivity contribution in [1.82, 2.24) is 9.97 Å². The third-order valence-corrected chi connectivity index (χ3v) is 4.06. The van der Waals surface area contributed by atoms with Gasteiger partial charge in [0, 0.05) is 36.3 Å². The number of carbonyl (C=O) groups excluding carboxylic acids is 2. The van der Waals surface area contributed by atoms with E-state index in [1.807, 2.05) is 0 Å². The van der Waals surface area contributed by atoms with Crippen molar-refractivity contribution < 1.29 is 14.0 Å². The molecule has 0 unspecified atom stereocenters. The number of amides is 2. The van der Waals surface area contributed by atoms with Crippen molar-refractivity contribution in [2.45, 2.75) is 6.92 Å². The first-order valence-electron chi connectivity index (χ1n) is 8.58. The number of oxazole rings is 1. The number of pyridine rings is 1. The van der Waals surface area contributed by atoms with Crippen LogP contribution in [0.2, 0.25) is 0 Å². The van der Waals surface area contributed by atoms with E-state index >= 15 is 0 Å². The summed E-state index contributed by atoms with van der Waals surface area (Å²) in [6.45, 7) is 1.77. The first kappa shape index (κ1) is 17.4. The second-order valence-electron chi connectivity index (χ2n) is 6.15. The van der Waals surface area contributed by atoms with Gasteiger partial charge in [0.05, 0.1) is 5.56 Å². The van der Waals surface area contributed by atoms with Crippen LogP contribution in [0.25, 0.3) is 11.1 Å². The average Bonchev–Trinajstić information content (AvgIpc) is 3.08. The first-order valence-corrected chi connectivity index (χ1v) is 8.58. The normalized spacial score (nSPS) is 10.6. The maximum absolute atomic E-state index is 12.6. The van der Waals surface area contributed by atoms with Crippen LogP contribution >= 0.6 is 0 Å². The van der Waals surface area contributed by atoms with Gasteiger partial charge in [0.2, 0.25) is 0 Å². The highest BCUT2D eigenvalue weighted by atomic mass is 16.3. The van der Waals surface area contributed by atoms with Crippen LogP contribution in [0.3, 0.4) is 0 Å². The van der Waals surface area contributed by atoms with E-state index in [1.54, 1.807) is 67.7 Å². The van der Waals surface area contributed by atoms with Crippen molar-refractivity contribution in [2.24, 2.45) is 0 Å². The van der Waals surface area contributed by atoms with Gasteiger partial charge in [-0.15, -0.1) is 0 Å². The number of hydrogen-bond acceptors (Lipinski definition) is 5. The number of aryl methyl sites for hydroxylation is 1.